The number of alkyl halides is 3. The Morgan fingerprint density at radius 2 is 1.96 bits per heavy atom. The molecule has 1 aromatic carbocycles. The molecular formula is C16H17ClF3NO6S. The normalized spacial score (nSPS) is 21.4. The highest BCUT2D eigenvalue weighted by Crippen LogP contribution is 2.34. The molecule has 7 nitrogen and oxygen atoms in total. The second kappa shape index (κ2) is 7.78. The Bertz CT molecular complexity index is 867. The molecule has 1 aliphatic heterocycles. The van der Waals surface area contributed by atoms with Crippen LogP contribution in [0.25, 0.3) is 0 Å². The van der Waals surface area contributed by atoms with Gasteiger partial charge in [0.1, 0.15) is 11.8 Å². The molecule has 0 saturated carbocycles. The number of nitrogens with zero attached hydrogens (tertiary/aromatic N) is 1. The van der Waals surface area contributed by atoms with Crippen molar-refractivity contribution in [1.82, 2.24) is 4.90 Å². The molecule has 1 unspecified atom stereocenters. The molecule has 1 saturated heterocycles. The van der Waals surface area contributed by atoms with Crippen LogP contribution in [0.1, 0.15) is 20.3 Å². The Kier molecular flexibility index (Phi) is 6.19. The van der Waals surface area contributed by atoms with Crippen LogP contribution in [-0.2, 0) is 19.4 Å². The van der Waals surface area contributed by atoms with Crippen molar-refractivity contribution < 1.29 is 41.0 Å². The van der Waals surface area contributed by atoms with Crippen LogP contribution in [0.3, 0.4) is 0 Å². The minimum absolute atomic E-state index is 0.269. The molecule has 1 aliphatic rings. The fourth-order valence-corrected chi connectivity index (χ4v) is 5.07. The summed E-state index contributed by atoms with van der Waals surface area (Å²) in [7, 11) is -4.14. The third-order valence-corrected chi connectivity index (χ3v) is 6.99. The summed E-state index contributed by atoms with van der Waals surface area (Å²) >= 11 is 5.95. The molecule has 1 aromatic rings. The second-order valence-electron chi connectivity index (χ2n) is 6.32. The fourth-order valence-electron chi connectivity index (χ4n) is 2.84. The third-order valence-electron chi connectivity index (χ3n) is 4.37. The van der Waals surface area contributed by atoms with Crippen molar-refractivity contribution in [3.05, 3.63) is 23.2 Å². The lowest BCUT2D eigenvalue weighted by atomic mass is 10.2. The molecule has 1 fully saturated rings. The number of ether oxygens (including phenoxy) is 1. The highest BCUT2D eigenvalue weighted by atomic mass is 35.5. The van der Waals surface area contributed by atoms with E-state index in [4.69, 9.17) is 16.3 Å². The topological polar surface area (TPSA) is 101 Å². The number of likely N-dealkylation sites (tertiary alicyclic amines) is 1. The molecule has 12 heteroatoms. The number of sulfone groups is 1. The second-order valence-corrected chi connectivity index (χ2v) is 8.93. The van der Waals surface area contributed by atoms with Crippen molar-refractivity contribution in [3.8, 4) is 5.75 Å². The van der Waals surface area contributed by atoms with Gasteiger partial charge in [-0.25, -0.2) is 13.2 Å². The Labute approximate surface area is 163 Å². The Balaban J connectivity index is 2.29. The molecule has 156 valence electrons. The first-order chi connectivity index (χ1) is 12.7. The molecule has 0 aliphatic carbocycles. The molecule has 3 atom stereocenters. The Morgan fingerprint density at radius 3 is 2.39 bits per heavy atom. The summed E-state index contributed by atoms with van der Waals surface area (Å²) in [5.41, 5.74) is 0. The lowest BCUT2D eigenvalue weighted by molar-refractivity contribution is -0.189. The van der Waals surface area contributed by atoms with E-state index < -0.39 is 45.3 Å². The predicted octanol–water partition coefficient (Wildman–Crippen LogP) is 2.52. The summed E-state index contributed by atoms with van der Waals surface area (Å²) in [4.78, 5) is 23.5. The van der Waals surface area contributed by atoms with Crippen LogP contribution in [0, 0.1) is 0 Å². The van der Waals surface area contributed by atoms with Crippen molar-refractivity contribution >= 4 is 33.3 Å². The van der Waals surface area contributed by atoms with Crippen molar-refractivity contribution in [2.24, 2.45) is 0 Å². The average Bonchev–Trinajstić information content (AvgIpc) is 3.00. The highest BCUT2D eigenvalue weighted by Gasteiger charge is 2.45. The van der Waals surface area contributed by atoms with Crippen molar-refractivity contribution in [1.29, 1.82) is 0 Å². The summed E-state index contributed by atoms with van der Waals surface area (Å²) in [6.45, 7) is 1.60. The van der Waals surface area contributed by atoms with Gasteiger partial charge in [0, 0.05) is 19.5 Å². The summed E-state index contributed by atoms with van der Waals surface area (Å²) < 4.78 is 68.1. The van der Waals surface area contributed by atoms with Gasteiger partial charge in [0.15, 0.2) is 15.9 Å². The van der Waals surface area contributed by atoms with E-state index in [-0.39, 0.29) is 28.6 Å². The quantitative estimate of drug-likeness (QED) is 0.750. The van der Waals surface area contributed by atoms with Gasteiger partial charge in [-0.1, -0.05) is 11.6 Å². The largest absolute Gasteiger partial charge is 0.481 e. The number of carboxylic acid groups (broad SMARTS) is 1. The van der Waals surface area contributed by atoms with Crippen LogP contribution in [-0.4, -0.2) is 60.4 Å². The number of carboxylic acids is 1. The Morgan fingerprint density at radius 1 is 1.36 bits per heavy atom. The van der Waals surface area contributed by atoms with Gasteiger partial charge in [-0.3, -0.25) is 4.79 Å². The van der Waals surface area contributed by atoms with Crippen molar-refractivity contribution in [2.45, 2.75) is 48.7 Å². The minimum atomic E-state index is -4.61. The molecular weight excluding hydrogens is 427 g/mol. The first-order valence-corrected chi connectivity index (χ1v) is 9.94. The zero-order valence-electron chi connectivity index (χ0n) is 14.7. The van der Waals surface area contributed by atoms with E-state index in [9.17, 15) is 36.3 Å². The molecule has 0 spiro atoms. The van der Waals surface area contributed by atoms with Gasteiger partial charge >= 0.3 is 12.1 Å². The summed E-state index contributed by atoms with van der Waals surface area (Å²) in [6.07, 6.45) is -7.05. The Hall–Kier alpha value is -2.01. The maximum absolute atomic E-state index is 12.8. The number of benzene rings is 1. The van der Waals surface area contributed by atoms with Gasteiger partial charge in [-0.05, 0) is 25.5 Å². The van der Waals surface area contributed by atoms with E-state index in [1.165, 1.54) is 0 Å². The SMILES string of the molecule is CC(=O)N1C[C@H](S(=O)(=O)c2ccc(OC(C)C(F)(F)F)cc2Cl)C[C@@H]1C(=O)O. The molecule has 28 heavy (non-hydrogen) atoms. The van der Waals surface area contributed by atoms with Gasteiger partial charge in [-0.2, -0.15) is 13.2 Å². The zero-order valence-corrected chi connectivity index (χ0v) is 16.3. The van der Waals surface area contributed by atoms with Crippen molar-refractivity contribution in [3.63, 3.8) is 0 Å². The first kappa shape index (κ1) is 22.3. The summed E-state index contributed by atoms with van der Waals surface area (Å²) in [5.74, 6) is -2.18. The van der Waals surface area contributed by atoms with E-state index in [0.717, 1.165) is 36.9 Å². The molecule has 0 bridgehead atoms. The maximum atomic E-state index is 12.8. The monoisotopic (exact) mass is 443 g/mol. The van der Waals surface area contributed by atoms with E-state index in [1.807, 2.05) is 0 Å². The number of hydrogen-bond donors (Lipinski definition) is 1. The van der Waals surface area contributed by atoms with Crippen LogP contribution in [0.5, 0.6) is 5.75 Å². The molecule has 1 heterocycles. The van der Waals surface area contributed by atoms with Crippen LogP contribution in [0.4, 0.5) is 13.2 Å². The van der Waals surface area contributed by atoms with Gasteiger partial charge in [-0.15, -0.1) is 0 Å². The number of amides is 1. The number of halogens is 4. The first-order valence-electron chi connectivity index (χ1n) is 8.02. The summed E-state index contributed by atoms with van der Waals surface area (Å²) in [6, 6.07) is 1.70. The van der Waals surface area contributed by atoms with Gasteiger partial charge in [0.25, 0.3) is 0 Å². The lowest BCUT2D eigenvalue weighted by Crippen LogP contribution is -2.39. The van der Waals surface area contributed by atoms with Crippen LogP contribution in [0.2, 0.25) is 5.02 Å². The molecule has 1 amide bonds. The van der Waals surface area contributed by atoms with E-state index in [0.29, 0.717) is 0 Å². The fraction of sp³-hybridized carbons (Fsp3) is 0.500. The molecule has 0 radical (unpaired) electrons. The van der Waals surface area contributed by atoms with Gasteiger partial charge < -0.3 is 14.7 Å². The number of carbonyl (C=O) groups excluding carboxylic acids is 1. The van der Waals surface area contributed by atoms with E-state index in [1.54, 1.807) is 0 Å². The number of aliphatic carboxylic acids is 1. The van der Waals surface area contributed by atoms with Crippen LogP contribution < -0.4 is 4.74 Å². The standard InChI is InChI=1S/C16H17ClF3NO6S/c1-8(16(18,19)20)27-10-3-4-14(12(17)5-10)28(25,26)11-6-13(15(23)24)21(7-11)9(2)22/h3-5,8,11,13H,6-7H2,1-2H3,(H,23,24)/t8?,11-,13-/m1/s1. The number of hydrogen-bond acceptors (Lipinski definition) is 5. The van der Waals surface area contributed by atoms with Gasteiger partial charge in [0.05, 0.1) is 15.2 Å². The number of rotatable bonds is 5. The van der Waals surface area contributed by atoms with Crippen LogP contribution in [0.15, 0.2) is 23.1 Å². The maximum Gasteiger partial charge on any atom is 0.425 e. The summed E-state index contributed by atoms with van der Waals surface area (Å²) in [5, 5.41) is 7.63. The molecule has 0 aromatic heterocycles. The van der Waals surface area contributed by atoms with Crippen LogP contribution >= 0.6 is 11.6 Å². The average molecular weight is 444 g/mol. The minimum Gasteiger partial charge on any atom is -0.481 e. The van der Waals surface area contributed by atoms with Gasteiger partial charge in [0.2, 0.25) is 5.91 Å². The number of carbonyl (C=O) groups is 2. The van der Waals surface area contributed by atoms with E-state index in [2.05, 4.69) is 0 Å². The zero-order chi connectivity index (χ0) is 21.4. The smallest absolute Gasteiger partial charge is 0.425 e. The third kappa shape index (κ3) is 4.52. The van der Waals surface area contributed by atoms with Crippen molar-refractivity contribution in [2.75, 3.05) is 6.54 Å². The molecule has 1 N–H and O–H groups in total. The van der Waals surface area contributed by atoms with E-state index >= 15 is 0 Å². The molecule has 2 rings (SSSR count). The highest BCUT2D eigenvalue weighted by molar-refractivity contribution is 7.92. The lowest BCUT2D eigenvalue weighted by Gasteiger charge is -2.19. The predicted molar refractivity (Wildman–Crippen MR) is 92.0 cm³/mol.